The van der Waals surface area contributed by atoms with Crippen LogP contribution in [0.25, 0.3) is 0 Å². The molecule has 0 spiro atoms. The van der Waals surface area contributed by atoms with E-state index in [1.54, 1.807) is 0 Å². The second kappa shape index (κ2) is 27.0. The number of esters is 2. The van der Waals surface area contributed by atoms with E-state index < -0.39 is 0 Å². The maximum absolute atomic E-state index is 11.8. The fraction of sp³-hybridized carbons (Fsp3) is 0.938. The number of hydrogen-bond donors (Lipinski definition) is 0. The summed E-state index contributed by atoms with van der Waals surface area (Å²) in [6.07, 6.45) is 24.8. The van der Waals surface area contributed by atoms with Crippen molar-refractivity contribution in [3.8, 4) is 0 Å². The van der Waals surface area contributed by atoms with E-state index in [2.05, 4.69) is 27.7 Å². The molecule has 0 aliphatic heterocycles. The van der Waals surface area contributed by atoms with Crippen LogP contribution < -0.4 is 0 Å². The van der Waals surface area contributed by atoms with Crippen molar-refractivity contribution < 1.29 is 19.1 Å². The molecule has 0 N–H and O–H groups in total. The van der Waals surface area contributed by atoms with Gasteiger partial charge in [0.05, 0.1) is 13.2 Å². The largest absolute Gasteiger partial charge is 0.466 e. The lowest BCUT2D eigenvalue weighted by Crippen LogP contribution is -2.06. The van der Waals surface area contributed by atoms with Gasteiger partial charge in [0.2, 0.25) is 0 Å². The van der Waals surface area contributed by atoms with Crippen LogP contribution in [0, 0.1) is 11.8 Å². The lowest BCUT2D eigenvalue weighted by Gasteiger charge is -2.06. The van der Waals surface area contributed by atoms with Crippen molar-refractivity contribution in [1.29, 1.82) is 0 Å². The van der Waals surface area contributed by atoms with Crippen LogP contribution >= 0.6 is 0 Å². The molecule has 0 saturated heterocycles. The fourth-order valence-corrected chi connectivity index (χ4v) is 4.49. The molecule has 0 fully saturated rings. The van der Waals surface area contributed by atoms with Gasteiger partial charge in [-0.05, 0) is 37.5 Å². The van der Waals surface area contributed by atoms with Gasteiger partial charge < -0.3 is 9.47 Å². The zero-order chi connectivity index (χ0) is 26.7. The summed E-state index contributed by atoms with van der Waals surface area (Å²) in [5, 5.41) is 0. The molecular weight excluding hydrogens is 448 g/mol. The average molecular weight is 511 g/mol. The van der Waals surface area contributed by atoms with Crippen LogP contribution in [0.5, 0.6) is 0 Å². The first-order chi connectivity index (χ1) is 17.4. The van der Waals surface area contributed by atoms with Crippen LogP contribution in [-0.2, 0) is 19.1 Å². The minimum atomic E-state index is -0.0409. The molecule has 0 unspecified atom stereocenters. The summed E-state index contributed by atoms with van der Waals surface area (Å²) >= 11 is 0. The zero-order valence-electron chi connectivity index (χ0n) is 24.8. The molecule has 0 aliphatic rings. The van der Waals surface area contributed by atoms with Crippen molar-refractivity contribution in [2.45, 2.75) is 169 Å². The smallest absolute Gasteiger partial charge is 0.305 e. The number of rotatable bonds is 27. The van der Waals surface area contributed by atoms with Gasteiger partial charge in [-0.25, -0.2) is 0 Å². The summed E-state index contributed by atoms with van der Waals surface area (Å²) in [6.45, 7) is 10.3. The van der Waals surface area contributed by atoms with Gasteiger partial charge in [0.25, 0.3) is 0 Å². The monoisotopic (exact) mass is 510 g/mol. The molecule has 0 aromatic rings. The molecule has 0 aliphatic carbocycles. The number of carbonyl (C=O) groups is 2. The third-order valence-corrected chi connectivity index (χ3v) is 6.89. The highest BCUT2D eigenvalue weighted by atomic mass is 16.5. The minimum Gasteiger partial charge on any atom is -0.466 e. The van der Waals surface area contributed by atoms with Crippen molar-refractivity contribution in [2.24, 2.45) is 11.8 Å². The Morgan fingerprint density at radius 3 is 1.03 bits per heavy atom. The maximum atomic E-state index is 11.8. The van der Waals surface area contributed by atoms with Gasteiger partial charge in [0.1, 0.15) is 0 Å². The molecule has 0 aromatic heterocycles. The lowest BCUT2D eigenvalue weighted by molar-refractivity contribution is -0.144. The van der Waals surface area contributed by atoms with Gasteiger partial charge in [0.15, 0.2) is 0 Å². The Morgan fingerprint density at radius 1 is 0.417 bits per heavy atom. The summed E-state index contributed by atoms with van der Waals surface area (Å²) < 4.78 is 10.7. The van der Waals surface area contributed by atoms with E-state index in [9.17, 15) is 9.59 Å². The highest BCUT2D eigenvalue weighted by Crippen LogP contribution is 2.13. The molecule has 4 heteroatoms. The lowest BCUT2D eigenvalue weighted by atomic mass is 10.0. The summed E-state index contributed by atoms with van der Waals surface area (Å²) in [5.41, 5.74) is 0. The summed E-state index contributed by atoms with van der Waals surface area (Å²) in [7, 11) is 0. The zero-order valence-corrected chi connectivity index (χ0v) is 24.8. The molecule has 0 radical (unpaired) electrons. The summed E-state index contributed by atoms with van der Waals surface area (Å²) in [6, 6.07) is 0. The van der Waals surface area contributed by atoms with Gasteiger partial charge in [-0.3, -0.25) is 9.59 Å². The SMILES string of the molecule is CC(C)CCCCCCCCOC(=O)CCCCCCCCC(=O)OCCCCCCCCC(C)C. The number of carbonyl (C=O) groups excluding carboxylic acids is 2. The topological polar surface area (TPSA) is 52.6 Å². The fourth-order valence-electron chi connectivity index (χ4n) is 4.49. The highest BCUT2D eigenvalue weighted by molar-refractivity contribution is 5.69. The Balaban J connectivity index is 3.28. The van der Waals surface area contributed by atoms with Crippen molar-refractivity contribution >= 4 is 11.9 Å². The number of hydrogen-bond acceptors (Lipinski definition) is 4. The molecule has 0 atom stereocenters. The van der Waals surface area contributed by atoms with Crippen LogP contribution in [-0.4, -0.2) is 25.2 Å². The van der Waals surface area contributed by atoms with E-state index in [4.69, 9.17) is 9.47 Å². The Hall–Kier alpha value is -1.06. The standard InChI is InChI=1S/C32H62O4/c1-29(2)23-17-11-7-9-15-21-27-35-31(33)25-19-13-5-6-14-20-26-32(34)36-28-22-16-10-8-12-18-24-30(3)4/h29-30H,5-28H2,1-4H3. The van der Waals surface area contributed by atoms with E-state index in [0.717, 1.165) is 63.2 Å². The highest BCUT2D eigenvalue weighted by Gasteiger charge is 2.05. The Morgan fingerprint density at radius 2 is 0.694 bits per heavy atom. The first-order valence-corrected chi connectivity index (χ1v) is 15.7. The van der Waals surface area contributed by atoms with Crippen molar-refractivity contribution in [3.63, 3.8) is 0 Å². The molecule has 0 saturated carbocycles. The first kappa shape index (κ1) is 34.9. The molecule has 0 rings (SSSR count). The van der Waals surface area contributed by atoms with Gasteiger partial charge in [0, 0.05) is 12.8 Å². The summed E-state index contributed by atoms with van der Waals surface area (Å²) in [5.74, 6) is 1.55. The molecule has 0 bridgehead atoms. The van der Waals surface area contributed by atoms with Crippen LogP contribution in [0.3, 0.4) is 0 Å². The van der Waals surface area contributed by atoms with Crippen LogP contribution in [0.4, 0.5) is 0 Å². The number of ether oxygens (including phenoxy) is 2. The van der Waals surface area contributed by atoms with Gasteiger partial charge >= 0.3 is 11.9 Å². The quantitative estimate of drug-likeness (QED) is 0.0814. The Bertz CT molecular complexity index is 443. The normalized spacial score (nSPS) is 11.4. The second-order valence-electron chi connectivity index (χ2n) is 11.7. The van der Waals surface area contributed by atoms with Gasteiger partial charge in [-0.2, -0.15) is 0 Å². The van der Waals surface area contributed by atoms with Gasteiger partial charge in [-0.15, -0.1) is 0 Å². The van der Waals surface area contributed by atoms with E-state index in [-0.39, 0.29) is 11.9 Å². The van der Waals surface area contributed by atoms with E-state index in [1.807, 2.05) is 0 Å². The molecule has 0 heterocycles. The van der Waals surface area contributed by atoms with E-state index in [0.29, 0.717) is 26.1 Å². The molecular formula is C32H62O4. The molecule has 214 valence electrons. The van der Waals surface area contributed by atoms with Crippen LogP contribution in [0.2, 0.25) is 0 Å². The Labute approximate surface area is 225 Å². The Kier molecular flexibility index (Phi) is 26.2. The van der Waals surface area contributed by atoms with Crippen LogP contribution in [0.1, 0.15) is 169 Å². The number of unbranched alkanes of at least 4 members (excludes halogenated alkanes) is 15. The van der Waals surface area contributed by atoms with Crippen molar-refractivity contribution in [1.82, 2.24) is 0 Å². The summed E-state index contributed by atoms with van der Waals surface area (Å²) in [4.78, 5) is 23.7. The molecule has 0 amide bonds. The third kappa shape index (κ3) is 29.2. The van der Waals surface area contributed by atoms with Crippen molar-refractivity contribution in [2.75, 3.05) is 13.2 Å². The van der Waals surface area contributed by atoms with Gasteiger partial charge in [-0.1, -0.05) is 130 Å². The first-order valence-electron chi connectivity index (χ1n) is 15.7. The average Bonchev–Trinajstić information content (AvgIpc) is 2.83. The molecule has 4 nitrogen and oxygen atoms in total. The van der Waals surface area contributed by atoms with Crippen molar-refractivity contribution in [3.05, 3.63) is 0 Å². The predicted octanol–water partition coefficient (Wildman–Crippen LogP) is 9.97. The predicted molar refractivity (Wildman–Crippen MR) is 153 cm³/mol. The maximum Gasteiger partial charge on any atom is 0.305 e. The van der Waals surface area contributed by atoms with E-state index in [1.165, 1.54) is 77.0 Å². The molecule has 0 aromatic carbocycles. The molecule has 36 heavy (non-hydrogen) atoms. The second-order valence-corrected chi connectivity index (χ2v) is 11.7. The van der Waals surface area contributed by atoms with Crippen LogP contribution in [0.15, 0.2) is 0 Å². The van der Waals surface area contributed by atoms with E-state index >= 15 is 0 Å². The third-order valence-electron chi connectivity index (χ3n) is 6.89. The minimum absolute atomic E-state index is 0.0409.